The standard InChI is InChI=1S/C8H16O3/c1-6(10)8(2,3)7(11)4-5-9/h7,9,11H,4-5H2,1-3H3/t7-/m0/s1/i1T. The Kier molecular flexibility index (Phi) is 3.02. The second kappa shape index (κ2) is 3.83. The zero-order chi connectivity index (χ0) is 9.78. The fourth-order valence-electron chi connectivity index (χ4n) is 0.669. The topological polar surface area (TPSA) is 57.5 Å². The molecule has 0 aromatic carbocycles. The fourth-order valence-corrected chi connectivity index (χ4v) is 0.669. The smallest absolute Gasteiger partial charge is 0.137 e. The predicted octanol–water partition coefficient (Wildman–Crippen LogP) is 0.345. The maximum absolute atomic E-state index is 11.1. The molecule has 0 heterocycles. The SMILES string of the molecule is [3H]CC(=O)C(C)(C)[C@@H](O)CCO. The van der Waals surface area contributed by atoms with Gasteiger partial charge in [0, 0.05) is 13.4 Å². The van der Waals surface area contributed by atoms with Crippen LogP contribution in [0.25, 0.3) is 0 Å². The molecule has 0 saturated carbocycles. The lowest BCUT2D eigenvalue weighted by atomic mass is 9.81. The third-order valence-electron chi connectivity index (χ3n) is 1.95. The summed E-state index contributed by atoms with van der Waals surface area (Å²) in [5.74, 6) is -0.302. The molecule has 0 aromatic rings. The Morgan fingerprint density at radius 1 is 1.73 bits per heavy atom. The van der Waals surface area contributed by atoms with Crippen molar-refractivity contribution in [3.05, 3.63) is 0 Å². The highest BCUT2D eigenvalue weighted by molar-refractivity contribution is 5.82. The lowest BCUT2D eigenvalue weighted by molar-refractivity contribution is -0.131. The van der Waals surface area contributed by atoms with Crippen molar-refractivity contribution in [2.24, 2.45) is 5.41 Å². The minimum atomic E-state index is -0.912. The van der Waals surface area contributed by atoms with Gasteiger partial charge in [0.15, 0.2) is 0 Å². The lowest BCUT2D eigenvalue weighted by Crippen LogP contribution is -2.36. The van der Waals surface area contributed by atoms with E-state index in [0.29, 0.717) is 0 Å². The van der Waals surface area contributed by atoms with Gasteiger partial charge in [0.1, 0.15) is 5.78 Å². The summed E-state index contributed by atoms with van der Waals surface area (Å²) in [4.78, 5) is 11.1. The van der Waals surface area contributed by atoms with E-state index in [1.165, 1.54) is 0 Å². The molecule has 0 fully saturated rings. The number of carbonyl (C=O) groups excluding carboxylic acids is 1. The van der Waals surface area contributed by atoms with Crippen molar-refractivity contribution in [1.82, 2.24) is 0 Å². The first kappa shape index (κ1) is 8.68. The Hall–Kier alpha value is -0.410. The molecule has 0 unspecified atom stereocenters. The molecule has 66 valence electrons. The summed E-state index contributed by atoms with van der Waals surface area (Å²) in [7, 11) is 0. The van der Waals surface area contributed by atoms with Gasteiger partial charge in [-0.2, -0.15) is 0 Å². The van der Waals surface area contributed by atoms with Crippen molar-refractivity contribution in [1.29, 1.82) is 0 Å². The number of aliphatic hydroxyl groups excluding tert-OH is 2. The van der Waals surface area contributed by atoms with Crippen molar-refractivity contribution in [2.45, 2.75) is 33.3 Å². The highest BCUT2D eigenvalue weighted by Gasteiger charge is 2.31. The summed E-state index contributed by atoms with van der Waals surface area (Å²) < 4.78 is 6.87. The van der Waals surface area contributed by atoms with E-state index in [1.807, 2.05) is 0 Å². The van der Waals surface area contributed by atoms with Crippen molar-refractivity contribution < 1.29 is 16.4 Å². The molecule has 2 N–H and O–H groups in total. The van der Waals surface area contributed by atoms with Crippen LogP contribution in [-0.2, 0) is 4.79 Å². The van der Waals surface area contributed by atoms with E-state index < -0.39 is 11.5 Å². The molecule has 0 aromatic heterocycles. The van der Waals surface area contributed by atoms with Gasteiger partial charge in [-0.15, -0.1) is 0 Å². The Balaban J connectivity index is 4.26. The number of hydrogen-bond acceptors (Lipinski definition) is 3. The first-order chi connectivity index (χ1) is 5.46. The fraction of sp³-hybridized carbons (Fsp3) is 0.875. The van der Waals surface area contributed by atoms with Crippen molar-refractivity contribution in [3.63, 3.8) is 0 Å². The van der Waals surface area contributed by atoms with Crippen LogP contribution in [-0.4, -0.2) is 28.7 Å². The molecule has 3 heteroatoms. The van der Waals surface area contributed by atoms with Crippen LogP contribution in [0, 0.1) is 5.41 Å². The highest BCUT2D eigenvalue weighted by Crippen LogP contribution is 2.23. The molecular weight excluding hydrogens is 144 g/mol. The molecule has 0 radical (unpaired) electrons. The molecule has 0 spiro atoms. The Bertz CT molecular complexity index is 156. The molecule has 0 aliphatic rings. The molecule has 1 atom stereocenters. The summed E-state index contributed by atoms with van der Waals surface area (Å²) >= 11 is 0. The Labute approximate surface area is 68.4 Å². The van der Waals surface area contributed by atoms with E-state index >= 15 is 0 Å². The number of rotatable bonds is 4. The molecule has 0 rings (SSSR count). The maximum Gasteiger partial charge on any atom is 0.137 e. The van der Waals surface area contributed by atoms with Crippen LogP contribution < -0.4 is 0 Å². The quantitative estimate of drug-likeness (QED) is 0.627. The molecule has 0 amide bonds. The van der Waals surface area contributed by atoms with Gasteiger partial charge in [-0.25, -0.2) is 0 Å². The van der Waals surface area contributed by atoms with Crippen molar-refractivity contribution in [3.8, 4) is 0 Å². The number of ketones is 1. The third-order valence-corrected chi connectivity index (χ3v) is 1.95. The van der Waals surface area contributed by atoms with E-state index in [-0.39, 0.29) is 25.7 Å². The third kappa shape index (κ3) is 2.60. The first-order valence-corrected chi connectivity index (χ1v) is 3.58. The van der Waals surface area contributed by atoms with Crippen LogP contribution in [0.15, 0.2) is 0 Å². The average molecular weight is 162 g/mol. The normalized spacial score (nSPS) is 15.8. The van der Waals surface area contributed by atoms with E-state index in [0.717, 1.165) is 0 Å². The van der Waals surface area contributed by atoms with Gasteiger partial charge >= 0.3 is 0 Å². The summed E-state index contributed by atoms with van der Waals surface area (Å²) in [6.45, 7) is 2.71. The van der Waals surface area contributed by atoms with Crippen LogP contribution in [0.3, 0.4) is 0 Å². The van der Waals surface area contributed by atoms with Gasteiger partial charge in [0.05, 0.1) is 6.10 Å². The van der Waals surface area contributed by atoms with Crippen LogP contribution in [0.4, 0.5) is 0 Å². The molecule has 0 aliphatic heterocycles. The number of Topliss-reactive ketones (excluding diaryl/α,β-unsaturated/α-hetero) is 1. The molecule has 0 bridgehead atoms. The van der Waals surface area contributed by atoms with Crippen LogP contribution in [0.5, 0.6) is 0 Å². The molecule has 3 nitrogen and oxygen atoms in total. The summed E-state index contributed by atoms with van der Waals surface area (Å²) in [5.41, 5.74) is -0.912. The van der Waals surface area contributed by atoms with Crippen molar-refractivity contribution >= 4 is 5.78 Å². The largest absolute Gasteiger partial charge is 0.396 e. The lowest BCUT2D eigenvalue weighted by Gasteiger charge is -2.26. The Morgan fingerprint density at radius 3 is 2.64 bits per heavy atom. The second-order valence-electron chi connectivity index (χ2n) is 3.17. The summed E-state index contributed by atoms with van der Waals surface area (Å²) in [6.07, 6.45) is -0.681. The van der Waals surface area contributed by atoms with Crippen molar-refractivity contribution in [2.75, 3.05) is 6.61 Å². The van der Waals surface area contributed by atoms with Crippen LogP contribution in [0.1, 0.15) is 28.5 Å². The Morgan fingerprint density at radius 2 is 2.27 bits per heavy atom. The van der Waals surface area contributed by atoms with E-state index in [2.05, 4.69) is 0 Å². The maximum atomic E-state index is 11.1. The van der Waals surface area contributed by atoms with Gasteiger partial charge in [0.25, 0.3) is 0 Å². The first-order valence-electron chi connectivity index (χ1n) is 4.29. The second-order valence-corrected chi connectivity index (χ2v) is 3.17. The van der Waals surface area contributed by atoms with Gasteiger partial charge in [-0.05, 0) is 13.3 Å². The molecule has 0 aliphatic carbocycles. The van der Waals surface area contributed by atoms with E-state index in [9.17, 15) is 9.90 Å². The minimum absolute atomic E-state index is 0.143. The minimum Gasteiger partial charge on any atom is -0.396 e. The monoisotopic (exact) mass is 162 g/mol. The highest BCUT2D eigenvalue weighted by atomic mass is 16.3. The number of hydrogen-bond donors (Lipinski definition) is 2. The summed E-state index contributed by atoms with van der Waals surface area (Å²) in [6, 6.07) is 0. The van der Waals surface area contributed by atoms with Crippen LogP contribution in [0.2, 0.25) is 0 Å². The molecule has 0 saturated heterocycles. The van der Waals surface area contributed by atoms with E-state index in [1.54, 1.807) is 13.8 Å². The van der Waals surface area contributed by atoms with Crippen LogP contribution >= 0.6 is 0 Å². The van der Waals surface area contributed by atoms with Gasteiger partial charge < -0.3 is 10.2 Å². The van der Waals surface area contributed by atoms with Gasteiger partial charge in [-0.1, -0.05) is 13.8 Å². The zero-order valence-electron chi connectivity index (χ0n) is 8.00. The molecule has 11 heavy (non-hydrogen) atoms. The van der Waals surface area contributed by atoms with Gasteiger partial charge in [0.2, 0.25) is 0 Å². The number of carbonyl (C=O) groups is 1. The number of aliphatic hydroxyl groups is 2. The molecular formula is C8H16O3. The summed E-state index contributed by atoms with van der Waals surface area (Å²) in [5, 5.41) is 18.0. The predicted molar refractivity (Wildman–Crippen MR) is 42.2 cm³/mol. The average Bonchev–Trinajstić information content (AvgIpc) is 2.03. The van der Waals surface area contributed by atoms with Gasteiger partial charge in [-0.3, -0.25) is 4.79 Å². The van der Waals surface area contributed by atoms with E-state index in [4.69, 9.17) is 6.48 Å². The zero-order valence-corrected chi connectivity index (χ0v) is 7.00.